The summed E-state index contributed by atoms with van der Waals surface area (Å²) in [5.41, 5.74) is 0.798. The Kier molecular flexibility index (Phi) is 7.33. The van der Waals surface area contributed by atoms with Crippen molar-refractivity contribution in [3.63, 3.8) is 0 Å². The van der Waals surface area contributed by atoms with E-state index in [-0.39, 0.29) is 17.9 Å². The molecule has 1 atom stereocenters. The second kappa shape index (κ2) is 10.8. The number of H-pyrrole nitrogens is 1. The number of nitrogens with one attached hydrogen (secondary N) is 3. The van der Waals surface area contributed by atoms with Crippen LogP contribution in [0.2, 0.25) is 0 Å². The van der Waals surface area contributed by atoms with Crippen molar-refractivity contribution in [1.29, 1.82) is 0 Å². The molecular formula is C26H31FN10O2. The SMILES string of the molecule is CO[C@]1(C(=O)N[C@@H](C)c2ccc(-n3cc(F)cn3)nc2)CC[C@H](c2nc(C)nc(Nc3cc(C)[nH]n3)n2)CC1. The number of rotatable bonds is 8. The highest BCUT2D eigenvalue weighted by Gasteiger charge is 2.43. The summed E-state index contributed by atoms with van der Waals surface area (Å²) >= 11 is 0. The van der Waals surface area contributed by atoms with Gasteiger partial charge in [-0.3, -0.25) is 9.89 Å². The van der Waals surface area contributed by atoms with Gasteiger partial charge in [-0.1, -0.05) is 6.07 Å². The number of hydrogen-bond acceptors (Lipinski definition) is 9. The molecule has 0 unspecified atom stereocenters. The van der Waals surface area contributed by atoms with Crippen LogP contribution in [-0.2, 0) is 9.53 Å². The number of amides is 1. The molecule has 0 spiro atoms. The predicted octanol–water partition coefficient (Wildman–Crippen LogP) is 3.60. The number of aromatic nitrogens is 8. The van der Waals surface area contributed by atoms with Crippen LogP contribution in [0.5, 0.6) is 0 Å². The zero-order valence-electron chi connectivity index (χ0n) is 22.3. The quantitative estimate of drug-likeness (QED) is 0.308. The zero-order chi connectivity index (χ0) is 27.6. The Bertz CT molecular complexity index is 1440. The zero-order valence-corrected chi connectivity index (χ0v) is 22.3. The minimum atomic E-state index is -0.944. The molecule has 4 aromatic rings. The van der Waals surface area contributed by atoms with Gasteiger partial charge in [0.1, 0.15) is 17.2 Å². The van der Waals surface area contributed by atoms with Crippen LogP contribution in [-0.4, -0.2) is 58.5 Å². The molecule has 0 aromatic carbocycles. The third-order valence-electron chi connectivity index (χ3n) is 7.08. The summed E-state index contributed by atoms with van der Waals surface area (Å²) in [4.78, 5) is 31.4. The van der Waals surface area contributed by atoms with E-state index in [1.54, 1.807) is 19.4 Å². The first kappa shape index (κ1) is 26.4. The topological polar surface area (TPSA) is 148 Å². The number of ether oxygens (including phenoxy) is 1. The van der Waals surface area contributed by atoms with Crippen molar-refractivity contribution >= 4 is 17.7 Å². The van der Waals surface area contributed by atoms with Crippen LogP contribution in [0.4, 0.5) is 16.2 Å². The van der Waals surface area contributed by atoms with Gasteiger partial charge in [0, 0.05) is 31.0 Å². The number of aryl methyl sites for hydroxylation is 2. The molecule has 0 saturated heterocycles. The summed E-state index contributed by atoms with van der Waals surface area (Å²) in [6.45, 7) is 5.64. The van der Waals surface area contributed by atoms with E-state index in [0.717, 1.165) is 17.5 Å². The number of carbonyl (C=O) groups excluding carboxylic acids is 1. The van der Waals surface area contributed by atoms with E-state index in [4.69, 9.17) is 4.74 Å². The minimum Gasteiger partial charge on any atom is -0.368 e. The fourth-order valence-corrected chi connectivity index (χ4v) is 4.83. The van der Waals surface area contributed by atoms with Crippen molar-refractivity contribution in [3.05, 3.63) is 65.5 Å². The van der Waals surface area contributed by atoms with Gasteiger partial charge in [0.15, 0.2) is 17.5 Å². The van der Waals surface area contributed by atoms with Gasteiger partial charge in [-0.05, 0) is 58.1 Å². The first-order valence-electron chi connectivity index (χ1n) is 12.8. The Balaban J connectivity index is 1.22. The van der Waals surface area contributed by atoms with Crippen molar-refractivity contribution in [2.45, 2.75) is 64.0 Å². The molecule has 12 nitrogen and oxygen atoms in total. The lowest BCUT2D eigenvalue weighted by Crippen LogP contribution is -2.50. The molecule has 0 aliphatic heterocycles. The second-order valence-electron chi connectivity index (χ2n) is 9.85. The van der Waals surface area contributed by atoms with Crippen molar-refractivity contribution in [1.82, 2.24) is 45.2 Å². The maximum Gasteiger partial charge on any atom is 0.252 e. The molecule has 1 saturated carbocycles. The van der Waals surface area contributed by atoms with E-state index in [2.05, 4.69) is 45.9 Å². The molecule has 1 amide bonds. The molecule has 4 heterocycles. The number of pyridine rings is 1. The van der Waals surface area contributed by atoms with Crippen molar-refractivity contribution in [3.8, 4) is 5.82 Å². The Morgan fingerprint density at radius 3 is 2.62 bits per heavy atom. The third kappa shape index (κ3) is 5.77. The molecular weight excluding hydrogens is 503 g/mol. The third-order valence-corrected chi connectivity index (χ3v) is 7.08. The fraction of sp³-hybridized carbons (Fsp3) is 0.423. The number of halogens is 1. The van der Waals surface area contributed by atoms with E-state index >= 15 is 0 Å². The normalized spacial score (nSPS) is 20.0. The van der Waals surface area contributed by atoms with Crippen LogP contribution in [0, 0.1) is 19.7 Å². The molecule has 1 aliphatic rings. The molecule has 39 heavy (non-hydrogen) atoms. The van der Waals surface area contributed by atoms with E-state index in [1.807, 2.05) is 32.9 Å². The standard InChI is InChI=1S/C26H31FN10O2/c1-15-11-21(36-35-15)33-25-32-17(3)31-23(34-25)18-7-9-26(39-4,10-8-18)24(38)30-16(2)19-5-6-22(28-12-19)37-14-20(27)13-29-37/h5-6,11-14,16,18H,7-10H2,1-4H3,(H,30,38)(H2,31,32,33,34,35,36)/t16-,18-,26+/m0/s1. The molecule has 1 aliphatic carbocycles. The van der Waals surface area contributed by atoms with Crippen molar-refractivity contribution in [2.24, 2.45) is 0 Å². The summed E-state index contributed by atoms with van der Waals surface area (Å²) in [6, 6.07) is 5.14. The van der Waals surface area contributed by atoms with Crippen molar-refractivity contribution < 1.29 is 13.9 Å². The summed E-state index contributed by atoms with van der Waals surface area (Å²) < 4.78 is 20.4. The average molecular weight is 535 g/mol. The van der Waals surface area contributed by atoms with Gasteiger partial charge in [0.2, 0.25) is 5.95 Å². The number of anilines is 2. The Morgan fingerprint density at radius 2 is 2.00 bits per heavy atom. The predicted molar refractivity (Wildman–Crippen MR) is 140 cm³/mol. The smallest absolute Gasteiger partial charge is 0.252 e. The lowest BCUT2D eigenvalue weighted by Gasteiger charge is -2.38. The summed E-state index contributed by atoms with van der Waals surface area (Å²) in [5, 5.41) is 17.2. The summed E-state index contributed by atoms with van der Waals surface area (Å²) in [6.07, 6.45) is 6.46. The molecule has 1 fully saturated rings. The molecule has 204 valence electrons. The van der Waals surface area contributed by atoms with Gasteiger partial charge in [-0.25, -0.2) is 19.0 Å². The monoisotopic (exact) mass is 534 g/mol. The van der Waals surface area contributed by atoms with Crippen LogP contribution < -0.4 is 10.6 Å². The molecule has 0 bridgehead atoms. The van der Waals surface area contributed by atoms with Crippen LogP contribution in [0.15, 0.2) is 36.8 Å². The summed E-state index contributed by atoms with van der Waals surface area (Å²) in [5.74, 6) is 2.34. The number of nitrogens with zero attached hydrogens (tertiary/aromatic N) is 7. The number of methoxy groups -OCH3 is 1. The van der Waals surface area contributed by atoms with Crippen LogP contribution >= 0.6 is 0 Å². The van der Waals surface area contributed by atoms with E-state index in [0.29, 0.717) is 54.9 Å². The molecule has 0 radical (unpaired) electrons. The van der Waals surface area contributed by atoms with Gasteiger partial charge >= 0.3 is 0 Å². The van der Waals surface area contributed by atoms with Gasteiger partial charge in [-0.2, -0.15) is 20.2 Å². The van der Waals surface area contributed by atoms with Gasteiger partial charge in [0.25, 0.3) is 5.91 Å². The van der Waals surface area contributed by atoms with E-state index in [1.165, 1.54) is 10.9 Å². The van der Waals surface area contributed by atoms with Crippen molar-refractivity contribution in [2.75, 3.05) is 12.4 Å². The maximum atomic E-state index is 13.4. The first-order chi connectivity index (χ1) is 18.7. The second-order valence-corrected chi connectivity index (χ2v) is 9.85. The highest BCUT2D eigenvalue weighted by molar-refractivity contribution is 5.85. The number of carbonyl (C=O) groups is 1. The fourth-order valence-electron chi connectivity index (χ4n) is 4.83. The largest absolute Gasteiger partial charge is 0.368 e. The summed E-state index contributed by atoms with van der Waals surface area (Å²) in [7, 11) is 1.57. The molecule has 3 N–H and O–H groups in total. The first-order valence-corrected chi connectivity index (χ1v) is 12.8. The molecule has 13 heteroatoms. The van der Waals surface area contributed by atoms with E-state index in [9.17, 15) is 9.18 Å². The van der Waals surface area contributed by atoms with Crippen LogP contribution in [0.25, 0.3) is 5.82 Å². The molecule has 4 aromatic heterocycles. The average Bonchev–Trinajstić information content (AvgIpc) is 3.55. The van der Waals surface area contributed by atoms with Crippen LogP contribution in [0.3, 0.4) is 0 Å². The molecule has 5 rings (SSSR count). The lowest BCUT2D eigenvalue weighted by atomic mass is 9.77. The lowest BCUT2D eigenvalue weighted by molar-refractivity contribution is -0.148. The highest BCUT2D eigenvalue weighted by atomic mass is 19.1. The Labute approximate surface area is 224 Å². The number of hydrogen-bond donors (Lipinski definition) is 3. The van der Waals surface area contributed by atoms with Gasteiger partial charge < -0.3 is 15.4 Å². The van der Waals surface area contributed by atoms with Gasteiger partial charge in [-0.15, -0.1) is 0 Å². The maximum absolute atomic E-state index is 13.4. The number of aromatic amines is 1. The van der Waals surface area contributed by atoms with Crippen LogP contribution in [0.1, 0.15) is 67.5 Å². The highest BCUT2D eigenvalue weighted by Crippen LogP contribution is 2.39. The minimum absolute atomic E-state index is 0.0746. The van der Waals surface area contributed by atoms with Gasteiger partial charge in [0.05, 0.1) is 18.4 Å². The Morgan fingerprint density at radius 1 is 1.21 bits per heavy atom. The van der Waals surface area contributed by atoms with E-state index < -0.39 is 11.4 Å². The Hall–Kier alpha value is -4.26.